The van der Waals surface area contributed by atoms with Crippen molar-refractivity contribution in [1.82, 2.24) is 9.38 Å². The highest BCUT2D eigenvalue weighted by atomic mass is 79.9. The van der Waals surface area contributed by atoms with Crippen molar-refractivity contribution in [2.45, 2.75) is 31.7 Å². The van der Waals surface area contributed by atoms with Gasteiger partial charge in [0.1, 0.15) is 17.2 Å². The minimum atomic E-state index is 0.485. The molecule has 1 aliphatic carbocycles. The third-order valence-corrected chi connectivity index (χ3v) is 5.35. The van der Waals surface area contributed by atoms with Crippen LogP contribution in [0.3, 0.4) is 0 Å². The molecule has 3 aromatic rings. The van der Waals surface area contributed by atoms with Gasteiger partial charge in [0, 0.05) is 16.7 Å². The van der Waals surface area contributed by atoms with Crippen LogP contribution in [0.5, 0.6) is 0 Å². The monoisotopic (exact) mass is 415 g/mol. The lowest BCUT2D eigenvalue weighted by molar-refractivity contribution is 0.748. The molecule has 2 heterocycles. The quantitative estimate of drug-likeness (QED) is 0.549. The number of fused-ring (bicyclic) bond motifs is 1. The van der Waals surface area contributed by atoms with Gasteiger partial charge in [0.15, 0.2) is 0 Å². The number of benzene rings is 1. The predicted molar refractivity (Wildman–Crippen MR) is 109 cm³/mol. The highest BCUT2D eigenvalue weighted by molar-refractivity contribution is 9.10. The molecule has 3 nitrogen and oxygen atoms in total. The average molecular weight is 417 g/mol. The molecule has 1 fully saturated rings. The molecule has 1 aromatic carbocycles. The number of hydrogen-bond acceptors (Lipinski definition) is 2. The molecule has 0 spiro atoms. The number of aromatic nitrogens is 2. The van der Waals surface area contributed by atoms with Crippen LogP contribution in [0.15, 0.2) is 53.1 Å². The molecule has 1 aliphatic rings. The first kappa shape index (κ1) is 16.7. The number of nitrogens with zero attached hydrogens (tertiary/aromatic N) is 2. The molecule has 1 N–H and O–H groups in total. The van der Waals surface area contributed by atoms with Crippen LogP contribution in [0.1, 0.15) is 36.9 Å². The Morgan fingerprint density at radius 3 is 2.68 bits per heavy atom. The van der Waals surface area contributed by atoms with E-state index in [0.717, 1.165) is 27.2 Å². The van der Waals surface area contributed by atoms with Gasteiger partial charge in [0.05, 0.1) is 5.03 Å². The second-order valence-electron chi connectivity index (χ2n) is 6.41. The smallest absolute Gasteiger partial charge is 0.140 e. The van der Waals surface area contributed by atoms with Gasteiger partial charge in [-0.2, -0.15) is 0 Å². The van der Waals surface area contributed by atoms with Gasteiger partial charge in [0.2, 0.25) is 0 Å². The van der Waals surface area contributed by atoms with Gasteiger partial charge < -0.3 is 5.32 Å². The normalized spacial score (nSPS) is 15.8. The summed E-state index contributed by atoms with van der Waals surface area (Å²) in [6, 6.07) is 14.6. The molecule has 25 heavy (non-hydrogen) atoms. The zero-order chi connectivity index (χ0) is 17.2. The first-order valence-corrected chi connectivity index (χ1v) is 9.74. The topological polar surface area (TPSA) is 29.3 Å². The van der Waals surface area contributed by atoms with Gasteiger partial charge in [0.25, 0.3) is 0 Å². The van der Waals surface area contributed by atoms with E-state index in [2.05, 4.69) is 25.6 Å². The van der Waals surface area contributed by atoms with Crippen molar-refractivity contribution >= 4 is 50.1 Å². The Morgan fingerprint density at radius 1 is 1.16 bits per heavy atom. The SMILES string of the molecule is Cl/C(=C\c1ccccc1)c1nc2ccc(Br)cn2c1NC1CCCC1. The standard InChI is InChI=1S/C20H19BrClN3/c21-15-10-11-18-24-19(17(22)12-14-6-2-1-3-7-14)20(25(18)13-15)23-16-8-4-5-9-16/h1-3,6-7,10-13,16,23H,4-5,8-9H2/b17-12-. The predicted octanol–water partition coefficient (Wildman–Crippen LogP) is 6.19. The summed E-state index contributed by atoms with van der Waals surface area (Å²) in [7, 11) is 0. The molecule has 4 rings (SSSR count). The molecule has 0 saturated heterocycles. The van der Waals surface area contributed by atoms with E-state index in [4.69, 9.17) is 16.6 Å². The van der Waals surface area contributed by atoms with E-state index < -0.39 is 0 Å². The highest BCUT2D eigenvalue weighted by Gasteiger charge is 2.21. The van der Waals surface area contributed by atoms with E-state index in [1.165, 1.54) is 25.7 Å². The number of anilines is 1. The first-order valence-electron chi connectivity index (χ1n) is 8.57. The van der Waals surface area contributed by atoms with Gasteiger partial charge in [-0.1, -0.05) is 54.8 Å². The molecule has 2 aromatic heterocycles. The Bertz CT molecular complexity index is 911. The number of nitrogens with one attached hydrogen (secondary N) is 1. The van der Waals surface area contributed by atoms with Crippen molar-refractivity contribution in [1.29, 1.82) is 0 Å². The summed E-state index contributed by atoms with van der Waals surface area (Å²) >= 11 is 10.2. The Kier molecular flexibility index (Phi) is 4.82. The van der Waals surface area contributed by atoms with Crippen LogP contribution in [0.2, 0.25) is 0 Å². The molecule has 0 radical (unpaired) electrons. The molecular formula is C20H19BrClN3. The maximum atomic E-state index is 6.68. The Labute approximate surface area is 160 Å². The molecule has 0 amide bonds. The zero-order valence-electron chi connectivity index (χ0n) is 13.8. The Hall–Kier alpha value is -1.78. The summed E-state index contributed by atoms with van der Waals surface area (Å²) in [5.41, 5.74) is 2.76. The molecule has 0 aliphatic heterocycles. The van der Waals surface area contributed by atoms with Gasteiger partial charge >= 0.3 is 0 Å². The van der Waals surface area contributed by atoms with Crippen molar-refractivity contribution in [3.8, 4) is 0 Å². The first-order chi connectivity index (χ1) is 12.2. The summed E-state index contributed by atoms with van der Waals surface area (Å²) in [5, 5.41) is 4.33. The maximum absolute atomic E-state index is 6.68. The van der Waals surface area contributed by atoms with Crippen molar-refractivity contribution in [2.24, 2.45) is 0 Å². The van der Waals surface area contributed by atoms with Crippen LogP contribution in [0, 0.1) is 0 Å². The van der Waals surface area contributed by atoms with Gasteiger partial charge in [-0.15, -0.1) is 0 Å². The van der Waals surface area contributed by atoms with E-state index in [0.29, 0.717) is 11.1 Å². The summed E-state index contributed by atoms with van der Waals surface area (Å²) in [6.45, 7) is 0. The molecule has 1 saturated carbocycles. The minimum Gasteiger partial charge on any atom is -0.367 e. The molecule has 0 bridgehead atoms. The lowest BCUT2D eigenvalue weighted by Gasteiger charge is -2.14. The number of imidazole rings is 1. The summed E-state index contributed by atoms with van der Waals surface area (Å²) in [5.74, 6) is 0.973. The molecular weight excluding hydrogens is 398 g/mol. The Morgan fingerprint density at radius 2 is 1.92 bits per heavy atom. The van der Waals surface area contributed by atoms with Crippen LogP contribution in [-0.2, 0) is 0 Å². The van der Waals surface area contributed by atoms with E-state index >= 15 is 0 Å². The number of pyridine rings is 1. The molecule has 128 valence electrons. The fourth-order valence-electron chi connectivity index (χ4n) is 3.35. The van der Waals surface area contributed by atoms with Crippen molar-refractivity contribution in [2.75, 3.05) is 5.32 Å². The van der Waals surface area contributed by atoms with Crippen molar-refractivity contribution in [3.05, 3.63) is 64.4 Å². The van der Waals surface area contributed by atoms with E-state index in [-0.39, 0.29) is 0 Å². The number of hydrogen-bond donors (Lipinski definition) is 1. The molecule has 0 atom stereocenters. The van der Waals surface area contributed by atoms with E-state index in [1.54, 1.807) is 0 Å². The largest absolute Gasteiger partial charge is 0.367 e. The van der Waals surface area contributed by atoms with E-state index in [1.807, 2.05) is 54.7 Å². The second kappa shape index (κ2) is 7.22. The fraction of sp³-hybridized carbons (Fsp3) is 0.250. The second-order valence-corrected chi connectivity index (χ2v) is 7.74. The van der Waals surface area contributed by atoms with Crippen LogP contribution < -0.4 is 5.32 Å². The van der Waals surface area contributed by atoms with Gasteiger partial charge in [-0.25, -0.2) is 4.98 Å². The van der Waals surface area contributed by atoms with Gasteiger partial charge in [-0.05, 0) is 52.5 Å². The lowest BCUT2D eigenvalue weighted by atomic mass is 10.2. The average Bonchev–Trinajstić information content (AvgIpc) is 3.24. The summed E-state index contributed by atoms with van der Waals surface area (Å²) < 4.78 is 3.10. The van der Waals surface area contributed by atoms with Crippen LogP contribution in [0.4, 0.5) is 5.82 Å². The number of rotatable bonds is 4. The summed E-state index contributed by atoms with van der Waals surface area (Å²) in [6.07, 6.45) is 8.96. The maximum Gasteiger partial charge on any atom is 0.140 e. The lowest BCUT2D eigenvalue weighted by Crippen LogP contribution is -2.16. The van der Waals surface area contributed by atoms with Crippen molar-refractivity contribution < 1.29 is 0 Å². The number of halogens is 2. The highest BCUT2D eigenvalue weighted by Crippen LogP contribution is 2.32. The zero-order valence-corrected chi connectivity index (χ0v) is 16.1. The van der Waals surface area contributed by atoms with Crippen LogP contribution in [0.25, 0.3) is 16.8 Å². The minimum absolute atomic E-state index is 0.485. The fourth-order valence-corrected chi connectivity index (χ4v) is 3.95. The van der Waals surface area contributed by atoms with Crippen molar-refractivity contribution in [3.63, 3.8) is 0 Å². The molecule has 5 heteroatoms. The molecule has 0 unspecified atom stereocenters. The van der Waals surface area contributed by atoms with Crippen LogP contribution >= 0.6 is 27.5 Å². The van der Waals surface area contributed by atoms with E-state index in [9.17, 15) is 0 Å². The Balaban J connectivity index is 1.80. The third-order valence-electron chi connectivity index (χ3n) is 4.60. The third kappa shape index (κ3) is 3.60. The van der Waals surface area contributed by atoms with Crippen LogP contribution in [-0.4, -0.2) is 15.4 Å². The summed E-state index contributed by atoms with van der Waals surface area (Å²) in [4.78, 5) is 4.77. The van der Waals surface area contributed by atoms with Gasteiger partial charge in [-0.3, -0.25) is 4.40 Å².